The summed E-state index contributed by atoms with van der Waals surface area (Å²) in [6.45, 7) is 6.11. The fourth-order valence-electron chi connectivity index (χ4n) is 5.89. The SMILES string of the molecule is CC(C)C[C@@H](C(=O)N1C[C@]2(C[C@H]1C#N)C(=O)Nc1ccccc12)N1C(=O)c2ccccc2[C@@H]1C. The predicted octanol–water partition coefficient (Wildman–Crippen LogP) is 3.63. The second-order valence-corrected chi connectivity index (χ2v) is 10.0. The van der Waals surface area contributed by atoms with Gasteiger partial charge in [-0.2, -0.15) is 5.26 Å². The van der Waals surface area contributed by atoms with Crippen molar-refractivity contribution in [2.24, 2.45) is 5.92 Å². The van der Waals surface area contributed by atoms with Crippen LogP contribution in [0, 0.1) is 17.2 Å². The van der Waals surface area contributed by atoms with Gasteiger partial charge >= 0.3 is 0 Å². The number of nitriles is 1. The van der Waals surface area contributed by atoms with Crippen molar-refractivity contribution in [3.8, 4) is 6.07 Å². The van der Waals surface area contributed by atoms with Gasteiger partial charge in [0.25, 0.3) is 5.91 Å². The third-order valence-corrected chi connectivity index (χ3v) is 7.52. The van der Waals surface area contributed by atoms with Crippen molar-refractivity contribution in [1.29, 1.82) is 5.26 Å². The third kappa shape index (κ3) is 3.12. The molecule has 3 amide bonds. The summed E-state index contributed by atoms with van der Waals surface area (Å²) in [5.41, 5.74) is 2.15. The minimum Gasteiger partial charge on any atom is -0.325 e. The summed E-state index contributed by atoms with van der Waals surface area (Å²) < 4.78 is 0. The lowest BCUT2D eigenvalue weighted by Crippen LogP contribution is -2.52. The Hall–Kier alpha value is -3.66. The van der Waals surface area contributed by atoms with Gasteiger partial charge in [0.05, 0.1) is 17.5 Å². The molecule has 1 spiro atoms. The number of para-hydroxylation sites is 1. The Kier molecular flexibility index (Phi) is 5.20. The van der Waals surface area contributed by atoms with Crippen LogP contribution in [0.2, 0.25) is 0 Å². The first-order valence-electron chi connectivity index (χ1n) is 11.8. The van der Waals surface area contributed by atoms with Crippen LogP contribution in [-0.4, -0.2) is 46.1 Å². The first-order valence-corrected chi connectivity index (χ1v) is 11.8. The molecule has 2 aromatic carbocycles. The third-order valence-electron chi connectivity index (χ3n) is 7.52. The molecule has 4 atom stereocenters. The highest BCUT2D eigenvalue weighted by atomic mass is 16.2. The smallest absolute Gasteiger partial charge is 0.255 e. The number of carbonyl (C=O) groups excluding carboxylic acids is 3. The standard InChI is InChI=1S/C27H28N4O3/c1-16(2)12-23(31-17(3)19-8-4-5-9-20(19)24(31)32)25(33)30-15-27(13-18(30)14-28)21-10-6-7-11-22(21)29-26(27)34/h4-11,16-18,23H,12-13,15H2,1-3H3,(H,29,34)/t17-,18-,23-,27-/m0/s1. The van der Waals surface area contributed by atoms with Gasteiger partial charge in [-0.25, -0.2) is 0 Å². The number of benzene rings is 2. The molecule has 2 aromatic rings. The van der Waals surface area contributed by atoms with Gasteiger partial charge in [-0.3, -0.25) is 14.4 Å². The molecule has 34 heavy (non-hydrogen) atoms. The fourth-order valence-corrected chi connectivity index (χ4v) is 5.89. The second-order valence-electron chi connectivity index (χ2n) is 10.0. The van der Waals surface area contributed by atoms with Crippen LogP contribution in [0.4, 0.5) is 5.69 Å². The van der Waals surface area contributed by atoms with E-state index in [1.807, 2.05) is 63.2 Å². The lowest BCUT2D eigenvalue weighted by atomic mass is 9.80. The Morgan fingerprint density at radius 1 is 1.18 bits per heavy atom. The molecule has 0 radical (unpaired) electrons. The van der Waals surface area contributed by atoms with E-state index in [2.05, 4.69) is 11.4 Å². The average molecular weight is 457 g/mol. The Morgan fingerprint density at radius 3 is 2.59 bits per heavy atom. The predicted molar refractivity (Wildman–Crippen MR) is 127 cm³/mol. The molecule has 0 bridgehead atoms. The molecule has 0 unspecified atom stereocenters. The largest absolute Gasteiger partial charge is 0.325 e. The van der Waals surface area contributed by atoms with Crippen LogP contribution in [0.15, 0.2) is 48.5 Å². The van der Waals surface area contributed by atoms with Crippen molar-refractivity contribution >= 4 is 23.4 Å². The van der Waals surface area contributed by atoms with Gasteiger partial charge in [0.1, 0.15) is 12.1 Å². The molecule has 174 valence electrons. The first kappa shape index (κ1) is 22.1. The molecule has 0 saturated carbocycles. The number of rotatable bonds is 4. The number of anilines is 1. The molecule has 1 fully saturated rings. The molecule has 1 N–H and O–H groups in total. The quantitative estimate of drug-likeness (QED) is 0.760. The van der Waals surface area contributed by atoms with E-state index in [1.165, 1.54) is 4.90 Å². The van der Waals surface area contributed by atoms with Crippen molar-refractivity contribution in [3.63, 3.8) is 0 Å². The molecule has 5 rings (SSSR count). The number of likely N-dealkylation sites (tertiary alicyclic amines) is 1. The van der Waals surface area contributed by atoms with E-state index in [9.17, 15) is 19.6 Å². The Bertz CT molecular complexity index is 1230. The Labute approximate surface area is 199 Å². The van der Waals surface area contributed by atoms with E-state index in [-0.39, 0.29) is 42.6 Å². The second kappa shape index (κ2) is 7.98. The van der Waals surface area contributed by atoms with Gasteiger partial charge in [0.15, 0.2) is 0 Å². The number of fused-ring (bicyclic) bond motifs is 3. The Morgan fingerprint density at radius 2 is 1.88 bits per heavy atom. The number of carbonyl (C=O) groups is 3. The molecule has 0 aliphatic carbocycles. The first-order chi connectivity index (χ1) is 16.3. The summed E-state index contributed by atoms with van der Waals surface area (Å²) in [4.78, 5) is 43.8. The summed E-state index contributed by atoms with van der Waals surface area (Å²) in [5.74, 6) is -0.441. The van der Waals surface area contributed by atoms with Gasteiger partial charge in [0.2, 0.25) is 11.8 Å². The normalized spacial score (nSPS) is 26.0. The van der Waals surface area contributed by atoms with Crippen LogP contribution < -0.4 is 5.32 Å². The average Bonchev–Trinajstić information content (AvgIpc) is 3.43. The molecule has 3 heterocycles. The molecular weight excluding hydrogens is 428 g/mol. The molecular formula is C27H28N4O3. The summed E-state index contributed by atoms with van der Waals surface area (Å²) >= 11 is 0. The van der Waals surface area contributed by atoms with Gasteiger partial charge in [0, 0.05) is 24.2 Å². The topological polar surface area (TPSA) is 93.5 Å². The number of nitrogens with one attached hydrogen (secondary N) is 1. The van der Waals surface area contributed by atoms with E-state index in [1.54, 1.807) is 11.0 Å². The van der Waals surface area contributed by atoms with Crippen LogP contribution >= 0.6 is 0 Å². The number of nitrogens with zero attached hydrogens (tertiary/aromatic N) is 3. The zero-order chi connectivity index (χ0) is 24.2. The lowest BCUT2D eigenvalue weighted by molar-refractivity contribution is -0.137. The molecule has 1 saturated heterocycles. The zero-order valence-corrected chi connectivity index (χ0v) is 19.6. The summed E-state index contributed by atoms with van der Waals surface area (Å²) in [5, 5.41) is 12.9. The number of hydrogen-bond donors (Lipinski definition) is 1. The van der Waals surface area contributed by atoms with Gasteiger partial charge in [-0.1, -0.05) is 50.2 Å². The van der Waals surface area contributed by atoms with Crippen molar-refractivity contribution in [3.05, 3.63) is 65.2 Å². The lowest BCUT2D eigenvalue weighted by Gasteiger charge is -2.35. The van der Waals surface area contributed by atoms with Crippen LogP contribution in [0.5, 0.6) is 0 Å². The van der Waals surface area contributed by atoms with Gasteiger partial charge < -0.3 is 15.1 Å². The van der Waals surface area contributed by atoms with E-state index in [0.29, 0.717) is 12.0 Å². The minimum absolute atomic E-state index is 0.130. The molecule has 7 nitrogen and oxygen atoms in total. The highest BCUT2D eigenvalue weighted by molar-refractivity contribution is 6.07. The van der Waals surface area contributed by atoms with Crippen LogP contribution in [0.3, 0.4) is 0 Å². The fraction of sp³-hybridized carbons (Fsp3) is 0.407. The highest BCUT2D eigenvalue weighted by Gasteiger charge is 2.57. The summed E-state index contributed by atoms with van der Waals surface area (Å²) in [6.07, 6.45) is 0.726. The van der Waals surface area contributed by atoms with Gasteiger partial charge in [-0.15, -0.1) is 0 Å². The highest BCUT2D eigenvalue weighted by Crippen LogP contribution is 2.47. The van der Waals surface area contributed by atoms with Crippen molar-refractivity contribution in [2.75, 3.05) is 11.9 Å². The van der Waals surface area contributed by atoms with E-state index >= 15 is 0 Å². The number of hydrogen-bond acceptors (Lipinski definition) is 4. The zero-order valence-electron chi connectivity index (χ0n) is 19.6. The van der Waals surface area contributed by atoms with Crippen LogP contribution in [0.25, 0.3) is 0 Å². The van der Waals surface area contributed by atoms with E-state index < -0.39 is 17.5 Å². The van der Waals surface area contributed by atoms with Gasteiger partial charge in [-0.05, 0) is 42.5 Å². The summed E-state index contributed by atoms with van der Waals surface area (Å²) in [7, 11) is 0. The van der Waals surface area contributed by atoms with Crippen molar-refractivity contribution in [2.45, 2.75) is 57.2 Å². The van der Waals surface area contributed by atoms with E-state index in [0.717, 1.165) is 16.8 Å². The molecule has 3 aliphatic rings. The van der Waals surface area contributed by atoms with Crippen LogP contribution in [-0.2, 0) is 15.0 Å². The maximum absolute atomic E-state index is 14.1. The maximum Gasteiger partial charge on any atom is 0.255 e. The summed E-state index contributed by atoms with van der Waals surface area (Å²) in [6, 6.07) is 15.5. The van der Waals surface area contributed by atoms with E-state index in [4.69, 9.17) is 0 Å². The number of amides is 3. The van der Waals surface area contributed by atoms with Crippen LogP contribution in [0.1, 0.15) is 61.1 Å². The Balaban J connectivity index is 1.51. The van der Waals surface area contributed by atoms with Crippen molar-refractivity contribution < 1.29 is 14.4 Å². The minimum atomic E-state index is -0.946. The molecule has 7 heteroatoms. The monoisotopic (exact) mass is 456 g/mol. The molecule has 3 aliphatic heterocycles. The maximum atomic E-state index is 14.1. The van der Waals surface area contributed by atoms with Crippen molar-refractivity contribution in [1.82, 2.24) is 9.80 Å². The molecule has 0 aromatic heterocycles.